The Kier molecular flexibility index (Phi) is 7.91. The Hall–Kier alpha value is -2.72. The fraction of sp³-hybridized carbons (Fsp3) is 0.421. The molecule has 0 bridgehead atoms. The molecule has 0 aliphatic carbocycles. The topological polar surface area (TPSA) is 122 Å². The zero-order chi connectivity index (χ0) is 21.4. The Morgan fingerprint density at radius 2 is 1.93 bits per heavy atom. The molecule has 0 saturated carbocycles. The molecule has 1 aromatic rings. The van der Waals surface area contributed by atoms with E-state index in [1.165, 1.54) is 34.6 Å². The van der Waals surface area contributed by atoms with Crippen LogP contribution in [-0.4, -0.2) is 56.4 Å². The summed E-state index contributed by atoms with van der Waals surface area (Å²) in [5.41, 5.74) is 0.0968. The van der Waals surface area contributed by atoms with E-state index in [0.29, 0.717) is 6.54 Å². The van der Waals surface area contributed by atoms with Gasteiger partial charge < -0.3 is 10.1 Å². The number of rotatable bonds is 7. The lowest BCUT2D eigenvalue weighted by atomic mass is 10.1. The second-order valence-corrected chi connectivity index (χ2v) is 8.50. The van der Waals surface area contributed by atoms with Gasteiger partial charge in [0.2, 0.25) is 10.0 Å². The molecule has 2 rings (SSSR count). The van der Waals surface area contributed by atoms with Gasteiger partial charge in [0.05, 0.1) is 10.5 Å². The molecular weight excluding hydrogens is 398 g/mol. The summed E-state index contributed by atoms with van der Waals surface area (Å²) >= 11 is 0. The molecule has 29 heavy (non-hydrogen) atoms. The molecular formula is C19H25N3O6S. The van der Waals surface area contributed by atoms with Crippen LogP contribution in [0.15, 0.2) is 41.8 Å². The molecule has 10 heteroatoms. The van der Waals surface area contributed by atoms with Crippen LogP contribution in [0.1, 0.15) is 36.5 Å². The van der Waals surface area contributed by atoms with E-state index in [-0.39, 0.29) is 23.0 Å². The van der Waals surface area contributed by atoms with Gasteiger partial charge in [0.15, 0.2) is 6.61 Å². The number of imide groups is 1. The molecule has 1 fully saturated rings. The quantitative estimate of drug-likeness (QED) is 0.505. The molecule has 1 aromatic carbocycles. The number of sulfonamides is 1. The lowest BCUT2D eigenvalue weighted by Crippen LogP contribution is -2.41. The molecule has 1 aliphatic heterocycles. The SMILES string of the molecule is C=CCNC(=O)NC(=O)COC(=O)c1ccc(S(=O)(=O)N2CCCCC2C)cc1. The fourth-order valence-electron chi connectivity index (χ4n) is 2.91. The molecule has 9 nitrogen and oxygen atoms in total. The number of piperidine rings is 1. The van der Waals surface area contributed by atoms with Crippen molar-refractivity contribution in [2.45, 2.75) is 37.1 Å². The summed E-state index contributed by atoms with van der Waals surface area (Å²) in [5, 5.41) is 4.33. The summed E-state index contributed by atoms with van der Waals surface area (Å²) in [4.78, 5) is 35.0. The van der Waals surface area contributed by atoms with Crippen LogP contribution in [0.25, 0.3) is 0 Å². The number of amides is 3. The van der Waals surface area contributed by atoms with Gasteiger partial charge in [-0.1, -0.05) is 12.5 Å². The van der Waals surface area contributed by atoms with Crippen molar-refractivity contribution in [3.05, 3.63) is 42.5 Å². The molecule has 1 atom stereocenters. The molecule has 158 valence electrons. The minimum Gasteiger partial charge on any atom is -0.452 e. The van der Waals surface area contributed by atoms with E-state index in [1.807, 2.05) is 12.2 Å². The molecule has 1 aliphatic rings. The van der Waals surface area contributed by atoms with Gasteiger partial charge in [0, 0.05) is 19.1 Å². The summed E-state index contributed by atoms with van der Waals surface area (Å²) in [6.07, 6.45) is 4.08. The van der Waals surface area contributed by atoms with Crippen molar-refractivity contribution in [1.82, 2.24) is 14.9 Å². The fourth-order valence-corrected chi connectivity index (χ4v) is 4.61. The maximum absolute atomic E-state index is 12.8. The van der Waals surface area contributed by atoms with Crippen LogP contribution in [0.2, 0.25) is 0 Å². The summed E-state index contributed by atoms with van der Waals surface area (Å²) in [7, 11) is -3.63. The van der Waals surface area contributed by atoms with Crippen LogP contribution in [0.5, 0.6) is 0 Å². The maximum Gasteiger partial charge on any atom is 0.338 e. The van der Waals surface area contributed by atoms with E-state index in [1.54, 1.807) is 0 Å². The van der Waals surface area contributed by atoms with E-state index in [9.17, 15) is 22.8 Å². The largest absolute Gasteiger partial charge is 0.452 e. The van der Waals surface area contributed by atoms with Crippen molar-refractivity contribution in [3.8, 4) is 0 Å². The predicted molar refractivity (Wildman–Crippen MR) is 106 cm³/mol. The summed E-state index contributed by atoms with van der Waals surface area (Å²) in [6, 6.07) is 4.55. The molecule has 3 amide bonds. The molecule has 0 radical (unpaired) electrons. The first kappa shape index (κ1) is 22.6. The van der Waals surface area contributed by atoms with Crippen molar-refractivity contribution in [1.29, 1.82) is 0 Å². The van der Waals surface area contributed by atoms with E-state index in [0.717, 1.165) is 19.3 Å². The van der Waals surface area contributed by atoms with Crippen molar-refractivity contribution in [2.75, 3.05) is 19.7 Å². The third-order valence-corrected chi connectivity index (χ3v) is 6.46. The van der Waals surface area contributed by atoms with Gasteiger partial charge in [-0.15, -0.1) is 6.58 Å². The number of benzene rings is 1. The Labute approximate surface area is 170 Å². The summed E-state index contributed by atoms with van der Waals surface area (Å²) < 4.78 is 31.9. The first-order valence-corrected chi connectivity index (χ1v) is 10.7. The first-order chi connectivity index (χ1) is 13.8. The van der Waals surface area contributed by atoms with Crippen LogP contribution in [0.3, 0.4) is 0 Å². The van der Waals surface area contributed by atoms with Crippen LogP contribution >= 0.6 is 0 Å². The van der Waals surface area contributed by atoms with Gasteiger partial charge in [0.25, 0.3) is 5.91 Å². The Morgan fingerprint density at radius 3 is 2.55 bits per heavy atom. The molecule has 1 saturated heterocycles. The number of carbonyl (C=O) groups is 3. The van der Waals surface area contributed by atoms with Crippen molar-refractivity contribution in [3.63, 3.8) is 0 Å². The number of hydrogen-bond acceptors (Lipinski definition) is 6. The van der Waals surface area contributed by atoms with Crippen LogP contribution in [0, 0.1) is 0 Å². The number of nitrogens with one attached hydrogen (secondary N) is 2. The van der Waals surface area contributed by atoms with Crippen LogP contribution in [0.4, 0.5) is 4.79 Å². The summed E-state index contributed by atoms with van der Waals surface area (Å²) in [6.45, 7) is 5.31. The monoisotopic (exact) mass is 423 g/mol. The standard InChI is InChI=1S/C19H25N3O6S/c1-3-11-20-19(25)21-17(23)13-28-18(24)15-7-9-16(10-8-15)29(26,27)22-12-5-4-6-14(22)2/h3,7-10,14H,1,4-6,11-13H2,2H3,(H2,20,21,23,25). The third kappa shape index (κ3) is 6.13. The van der Waals surface area contributed by atoms with E-state index in [4.69, 9.17) is 4.74 Å². The average Bonchev–Trinajstić information content (AvgIpc) is 2.70. The van der Waals surface area contributed by atoms with E-state index >= 15 is 0 Å². The Balaban J connectivity index is 1.93. The summed E-state index contributed by atoms with van der Waals surface area (Å²) in [5.74, 6) is -1.60. The highest BCUT2D eigenvalue weighted by Crippen LogP contribution is 2.25. The van der Waals surface area contributed by atoms with Gasteiger partial charge in [-0.25, -0.2) is 18.0 Å². The number of ether oxygens (including phenoxy) is 1. The molecule has 1 unspecified atom stereocenters. The average molecular weight is 423 g/mol. The van der Waals surface area contributed by atoms with Gasteiger partial charge in [-0.2, -0.15) is 4.31 Å². The normalized spacial score (nSPS) is 17.2. The second-order valence-electron chi connectivity index (χ2n) is 6.61. The first-order valence-electron chi connectivity index (χ1n) is 9.23. The number of nitrogens with zero attached hydrogens (tertiary/aromatic N) is 1. The zero-order valence-electron chi connectivity index (χ0n) is 16.2. The van der Waals surface area contributed by atoms with Crippen LogP contribution in [-0.2, 0) is 19.6 Å². The van der Waals surface area contributed by atoms with Crippen molar-refractivity contribution >= 4 is 27.9 Å². The minimum atomic E-state index is -3.63. The lowest BCUT2D eigenvalue weighted by molar-refractivity contribution is -0.123. The van der Waals surface area contributed by atoms with Crippen molar-refractivity contribution in [2.24, 2.45) is 0 Å². The molecule has 1 heterocycles. The highest BCUT2D eigenvalue weighted by Gasteiger charge is 2.31. The van der Waals surface area contributed by atoms with Crippen molar-refractivity contribution < 1.29 is 27.5 Å². The highest BCUT2D eigenvalue weighted by atomic mass is 32.2. The third-order valence-electron chi connectivity index (χ3n) is 4.43. The predicted octanol–water partition coefficient (Wildman–Crippen LogP) is 1.42. The Bertz CT molecular complexity index is 866. The van der Waals surface area contributed by atoms with Crippen LogP contribution < -0.4 is 10.6 Å². The van der Waals surface area contributed by atoms with E-state index < -0.39 is 34.5 Å². The Morgan fingerprint density at radius 1 is 1.24 bits per heavy atom. The molecule has 0 spiro atoms. The van der Waals surface area contributed by atoms with E-state index in [2.05, 4.69) is 11.9 Å². The smallest absolute Gasteiger partial charge is 0.338 e. The highest BCUT2D eigenvalue weighted by molar-refractivity contribution is 7.89. The molecule has 2 N–H and O–H groups in total. The van der Waals surface area contributed by atoms with Gasteiger partial charge in [0.1, 0.15) is 0 Å². The van der Waals surface area contributed by atoms with Gasteiger partial charge in [-0.05, 0) is 44.0 Å². The second kappa shape index (κ2) is 10.2. The minimum absolute atomic E-state index is 0.0689. The van der Waals surface area contributed by atoms with Gasteiger partial charge in [-0.3, -0.25) is 10.1 Å². The number of esters is 1. The number of hydrogen-bond donors (Lipinski definition) is 2. The number of urea groups is 1. The number of carbonyl (C=O) groups excluding carboxylic acids is 3. The zero-order valence-corrected chi connectivity index (χ0v) is 17.0. The van der Waals surface area contributed by atoms with Gasteiger partial charge >= 0.3 is 12.0 Å². The maximum atomic E-state index is 12.8. The lowest BCUT2D eigenvalue weighted by Gasteiger charge is -2.32. The molecule has 0 aromatic heterocycles.